The van der Waals surface area contributed by atoms with Gasteiger partial charge in [0.2, 0.25) is 0 Å². The van der Waals surface area contributed by atoms with Crippen LogP contribution in [-0.4, -0.2) is 39.7 Å². The van der Waals surface area contributed by atoms with Crippen LogP contribution in [0.15, 0.2) is 41.4 Å². The van der Waals surface area contributed by atoms with Gasteiger partial charge in [0.1, 0.15) is 19.0 Å². The lowest BCUT2D eigenvalue weighted by atomic mass is 10.00. The number of ether oxygens (including phenoxy) is 2. The van der Waals surface area contributed by atoms with Crippen LogP contribution in [0.1, 0.15) is 19.8 Å². The van der Waals surface area contributed by atoms with Crippen molar-refractivity contribution in [3.8, 4) is 11.5 Å². The first-order chi connectivity index (χ1) is 13.0. The second-order valence-electron chi connectivity index (χ2n) is 7.01. The average molecular weight is 389 g/mol. The van der Waals surface area contributed by atoms with E-state index in [-0.39, 0.29) is 4.90 Å². The molecule has 1 saturated heterocycles. The Morgan fingerprint density at radius 3 is 2.70 bits per heavy atom. The Labute approximate surface area is 159 Å². The van der Waals surface area contributed by atoms with E-state index in [9.17, 15) is 8.42 Å². The molecule has 27 heavy (non-hydrogen) atoms. The van der Waals surface area contributed by atoms with Crippen molar-refractivity contribution in [1.82, 2.24) is 4.98 Å². The minimum atomic E-state index is -3.75. The van der Waals surface area contributed by atoms with Crippen molar-refractivity contribution in [2.45, 2.75) is 24.7 Å². The molecule has 3 heterocycles. The molecule has 2 aliphatic rings. The van der Waals surface area contributed by atoms with Gasteiger partial charge >= 0.3 is 0 Å². The van der Waals surface area contributed by atoms with Gasteiger partial charge < -0.3 is 14.4 Å². The highest BCUT2D eigenvalue weighted by atomic mass is 32.2. The minimum Gasteiger partial charge on any atom is -0.486 e. The van der Waals surface area contributed by atoms with E-state index in [1.165, 1.54) is 25.0 Å². The maximum absolute atomic E-state index is 12.7. The van der Waals surface area contributed by atoms with Gasteiger partial charge in [-0.15, -0.1) is 0 Å². The molecule has 1 unspecified atom stereocenters. The number of nitrogens with one attached hydrogen (secondary N) is 1. The number of piperidine rings is 1. The van der Waals surface area contributed by atoms with Crippen molar-refractivity contribution >= 4 is 21.5 Å². The third kappa shape index (κ3) is 3.95. The monoisotopic (exact) mass is 389 g/mol. The zero-order chi connectivity index (χ0) is 18.9. The van der Waals surface area contributed by atoms with E-state index < -0.39 is 10.0 Å². The van der Waals surface area contributed by atoms with Gasteiger partial charge in [0.05, 0.1) is 16.8 Å². The van der Waals surface area contributed by atoms with Crippen molar-refractivity contribution < 1.29 is 17.9 Å². The molecule has 1 N–H and O–H groups in total. The molecule has 1 fully saturated rings. The summed E-state index contributed by atoms with van der Waals surface area (Å²) in [6, 6.07) is 8.19. The van der Waals surface area contributed by atoms with Crippen LogP contribution in [0.3, 0.4) is 0 Å². The van der Waals surface area contributed by atoms with E-state index in [4.69, 9.17) is 9.47 Å². The molecule has 4 rings (SSSR count). The van der Waals surface area contributed by atoms with Gasteiger partial charge in [-0.2, -0.15) is 0 Å². The summed E-state index contributed by atoms with van der Waals surface area (Å²) in [5, 5.41) is 0. The summed E-state index contributed by atoms with van der Waals surface area (Å²) in [6.07, 6.45) is 4.14. The summed E-state index contributed by atoms with van der Waals surface area (Å²) < 4.78 is 38.7. The van der Waals surface area contributed by atoms with E-state index >= 15 is 0 Å². The molecule has 8 heteroatoms. The minimum absolute atomic E-state index is 0.113. The van der Waals surface area contributed by atoms with Gasteiger partial charge in [0.25, 0.3) is 10.0 Å². The first kappa shape index (κ1) is 17.9. The number of anilines is 2. The van der Waals surface area contributed by atoms with Crippen LogP contribution in [0.25, 0.3) is 0 Å². The van der Waals surface area contributed by atoms with Crippen molar-refractivity contribution in [3.05, 3.63) is 36.5 Å². The zero-order valence-corrected chi connectivity index (χ0v) is 16.0. The van der Waals surface area contributed by atoms with Crippen LogP contribution in [0, 0.1) is 5.92 Å². The number of sulfonamides is 1. The van der Waals surface area contributed by atoms with Gasteiger partial charge in [0.15, 0.2) is 11.5 Å². The van der Waals surface area contributed by atoms with Crippen LogP contribution < -0.4 is 19.1 Å². The van der Waals surface area contributed by atoms with E-state index in [0.717, 1.165) is 18.8 Å². The molecule has 2 aromatic rings. The summed E-state index contributed by atoms with van der Waals surface area (Å²) >= 11 is 0. The van der Waals surface area contributed by atoms with Crippen LogP contribution in [0.2, 0.25) is 0 Å². The first-order valence-electron chi connectivity index (χ1n) is 9.15. The Balaban J connectivity index is 1.49. The van der Waals surface area contributed by atoms with Crippen molar-refractivity contribution in [3.63, 3.8) is 0 Å². The Kier molecular flexibility index (Phi) is 4.82. The molecular weight excluding hydrogens is 366 g/mol. The normalized spacial score (nSPS) is 19.6. The molecule has 1 aromatic carbocycles. The number of rotatable bonds is 4. The molecule has 2 aliphatic heterocycles. The summed E-state index contributed by atoms with van der Waals surface area (Å²) in [5.41, 5.74) is 1.02. The predicted octanol–water partition coefficient (Wildman–Crippen LogP) is 2.89. The highest BCUT2D eigenvalue weighted by Crippen LogP contribution is 2.32. The molecule has 0 radical (unpaired) electrons. The van der Waals surface area contributed by atoms with Crippen molar-refractivity contribution in [2.24, 2.45) is 5.92 Å². The highest BCUT2D eigenvalue weighted by Gasteiger charge is 2.21. The van der Waals surface area contributed by atoms with Gasteiger partial charge in [-0.1, -0.05) is 6.92 Å². The number of hydrogen-bond acceptors (Lipinski definition) is 6. The lowest BCUT2D eigenvalue weighted by Crippen LogP contribution is -2.34. The summed E-state index contributed by atoms with van der Waals surface area (Å²) in [5.74, 6) is 1.94. The Morgan fingerprint density at radius 1 is 1.15 bits per heavy atom. The average Bonchev–Trinajstić information content (AvgIpc) is 2.68. The topological polar surface area (TPSA) is 80.8 Å². The molecule has 0 aliphatic carbocycles. The number of pyridine rings is 1. The number of aromatic nitrogens is 1. The standard InChI is InChI=1S/C19H23N3O4S/c1-14-3-2-8-22(13-14)15-4-7-19(20-12-15)21-27(23,24)16-5-6-17-18(11-16)26-10-9-25-17/h4-7,11-12,14H,2-3,8-10,13H2,1H3,(H,20,21). The third-order valence-corrected chi connectivity index (χ3v) is 6.19. The molecule has 1 aromatic heterocycles. The molecule has 1 atom stereocenters. The predicted molar refractivity (Wildman–Crippen MR) is 103 cm³/mol. The number of nitrogens with zero attached hydrogens (tertiary/aromatic N) is 2. The number of fused-ring (bicyclic) bond motifs is 1. The lowest BCUT2D eigenvalue weighted by Gasteiger charge is -2.32. The summed E-state index contributed by atoms with van der Waals surface area (Å²) in [4.78, 5) is 6.69. The molecule has 0 bridgehead atoms. The summed E-state index contributed by atoms with van der Waals surface area (Å²) in [7, 11) is -3.75. The smallest absolute Gasteiger partial charge is 0.263 e. The van der Waals surface area contributed by atoms with Gasteiger partial charge in [0, 0.05) is 19.2 Å². The molecule has 0 spiro atoms. The van der Waals surface area contributed by atoms with Crippen molar-refractivity contribution in [1.29, 1.82) is 0 Å². The molecular formula is C19H23N3O4S. The highest BCUT2D eigenvalue weighted by molar-refractivity contribution is 7.92. The number of benzene rings is 1. The van der Waals surface area contributed by atoms with Gasteiger partial charge in [-0.05, 0) is 43.0 Å². The van der Waals surface area contributed by atoms with Gasteiger partial charge in [-0.3, -0.25) is 4.72 Å². The molecule has 0 saturated carbocycles. The van der Waals surface area contributed by atoms with E-state index in [0.29, 0.717) is 36.4 Å². The van der Waals surface area contributed by atoms with Crippen LogP contribution in [-0.2, 0) is 10.0 Å². The fraction of sp³-hybridized carbons (Fsp3) is 0.421. The van der Waals surface area contributed by atoms with E-state index in [2.05, 4.69) is 21.5 Å². The molecule has 144 valence electrons. The van der Waals surface area contributed by atoms with Crippen LogP contribution in [0.5, 0.6) is 11.5 Å². The zero-order valence-electron chi connectivity index (χ0n) is 15.2. The quantitative estimate of drug-likeness (QED) is 0.866. The Hall–Kier alpha value is -2.48. The second kappa shape index (κ2) is 7.26. The largest absolute Gasteiger partial charge is 0.486 e. The fourth-order valence-electron chi connectivity index (χ4n) is 3.44. The maximum Gasteiger partial charge on any atom is 0.263 e. The third-order valence-electron chi connectivity index (χ3n) is 4.83. The van der Waals surface area contributed by atoms with E-state index in [1.54, 1.807) is 18.3 Å². The Morgan fingerprint density at radius 2 is 1.96 bits per heavy atom. The molecule has 0 amide bonds. The number of hydrogen-bond donors (Lipinski definition) is 1. The SMILES string of the molecule is CC1CCCN(c2ccc(NS(=O)(=O)c3ccc4c(c3)OCCO4)nc2)C1. The fourth-order valence-corrected chi connectivity index (χ4v) is 4.47. The van der Waals surface area contributed by atoms with Crippen LogP contribution >= 0.6 is 0 Å². The van der Waals surface area contributed by atoms with Crippen LogP contribution in [0.4, 0.5) is 11.5 Å². The second-order valence-corrected chi connectivity index (χ2v) is 8.69. The van der Waals surface area contributed by atoms with Gasteiger partial charge in [-0.25, -0.2) is 13.4 Å². The van der Waals surface area contributed by atoms with E-state index in [1.807, 2.05) is 6.07 Å². The summed E-state index contributed by atoms with van der Waals surface area (Å²) in [6.45, 7) is 5.12. The first-order valence-corrected chi connectivity index (χ1v) is 10.6. The molecule has 7 nitrogen and oxygen atoms in total. The Bertz CT molecular complexity index is 915. The maximum atomic E-state index is 12.7. The van der Waals surface area contributed by atoms with Crippen molar-refractivity contribution in [2.75, 3.05) is 35.9 Å². The lowest BCUT2D eigenvalue weighted by molar-refractivity contribution is 0.171.